The number of fused-ring (bicyclic) bond motifs is 1. The van der Waals surface area contributed by atoms with Gasteiger partial charge in [0.2, 0.25) is 0 Å². The summed E-state index contributed by atoms with van der Waals surface area (Å²) < 4.78 is 5.02. The van der Waals surface area contributed by atoms with Gasteiger partial charge in [-0.2, -0.15) is 0 Å². The topological polar surface area (TPSA) is 34.1 Å². The summed E-state index contributed by atoms with van der Waals surface area (Å²) in [6.45, 7) is 2.79. The summed E-state index contributed by atoms with van der Waals surface area (Å²) in [5, 5.41) is 3.41. The third kappa shape index (κ3) is 3.51. The summed E-state index contributed by atoms with van der Waals surface area (Å²) in [7, 11) is 1.74. The number of methoxy groups -OCH3 is 1. The van der Waals surface area contributed by atoms with Crippen molar-refractivity contribution in [1.29, 1.82) is 0 Å². The molecule has 2 rings (SSSR count). The number of aromatic nitrogens is 1. The highest BCUT2D eigenvalue weighted by atomic mass is 16.5. The number of aryl methyl sites for hydroxylation is 1. The Hall–Kier alpha value is -0.930. The van der Waals surface area contributed by atoms with Crippen molar-refractivity contribution in [2.75, 3.05) is 26.8 Å². The molecule has 1 aromatic heterocycles. The standard InChI is InChI=1S/C14H22N2O/c1-17-11-10-15-9-7-13-5-2-4-12-6-3-8-16-14(12)13/h3,6,8,13,15H,2,4-5,7,9-11H2,1H3. The van der Waals surface area contributed by atoms with Crippen molar-refractivity contribution in [2.45, 2.75) is 31.6 Å². The van der Waals surface area contributed by atoms with Crippen LogP contribution in [0, 0.1) is 0 Å². The van der Waals surface area contributed by atoms with Gasteiger partial charge in [-0.1, -0.05) is 6.07 Å². The van der Waals surface area contributed by atoms with E-state index in [2.05, 4.69) is 22.4 Å². The van der Waals surface area contributed by atoms with Crippen LogP contribution in [0.15, 0.2) is 18.3 Å². The number of nitrogens with zero attached hydrogens (tertiary/aromatic N) is 1. The van der Waals surface area contributed by atoms with Crippen molar-refractivity contribution in [3.8, 4) is 0 Å². The lowest BCUT2D eigenvalue weighted by atomic mass is 9.85. The molecule has 0 radical (unpaired) electrons. The third-order valence-corrected chi connectivity index (χ3v) is 3.46. The summed E-state index contributed by atoms with van der Waals surface area (Å²) in [4.78, 5) is 4.56. The molecule has 1 heterocycles. The molecule has 0 fully saturated rings. The predicted molar refractivity (Wildman–Crippen MR) is 69.3 cm³/mol. The lowest BCUT2D eigenvalue weighted by Crippen LogP contribution is -2.23. The minimum atomic E-state index is 0.648. The van der Waals surface area contributed by atoms with Crippen LogP contribution in [0.1, 0.15) is 36.4 Å². The third-order valence-electron chi connectivity index (χ3n) is 3.46. The van der Waals surface area contributed by atoms with Crippen LogP contribution in [0.3, 0.4) is 0 Å². The molecule has 0 amide bonds. The second-order valence-corrected chi connectivity index (χ2v) is 4.67. The van der Waals surface area contributed by atoms with E-state index in [0.717, 1.165) is 19.7 Å². The van der Waals surface area contributed by atoms with E-state index in [-0.39, 0.29) is 0 Å². The smallest absolute Gasteiger partial charge is 0.0587 e. The van der Waals surface area contributed by atoms with Crippen LogP contribution in [-0.2, 0) is 11.2 Å². The largest absolute Gasteiger partial charge is 0.383 e. The fourth-order valence-corrected chi connectivity index (χ4v) is 2.56. The van der Waals surface area contributed by atoms with Gasteiger partial charge in [0.1, 0.15) is 0 Å². The van der Waals surface area contributed by atoms with Crippen LogP contribution in [0.2, 0.25) is 0 Å². The monoisotopic (exact) mass is 234 g/mol. The maximum Gasteiger partial charge on any atom is 0.0587 e. The minimum Gasteiger partial charge on any atom is -0.383 e. The Bertz CT molecular complexity index is 341. The number of hydrogen-bond donors (Lipinski definition) is 1. The van der Waals surface area contributed by atoms with Crippen molar-refractivity contribution in [1.82, 2.24) is 10.3 Å². The van der Waals surface area contributed by atoms with Gasteiger partial charge in [-0.3, -0.25) is 4.98 Å². The van der Waals surface area contributed by atoms with Crippen LogP contribution < -0.4 is 5.32 Å². The highest BCUT2D eigenvalue weighted by Gasteiger charge is 2.20. The number of rotatable bonds is 6. The molecule has 3 nitrogen and oxygen atoms in total. The van der Waals surface area contributed by atoms with Gasteiger partial charge < -0.3 is 10.1 Å². The van der Waals surface area contributed by atoms with Crippen molar-refractivity contribution < 1.29 is 4.74 Å². The highest BCUT2D eigenvalue weighted by Crippen LogP contribution is 2.31. The zero-order valence-electron chi connectivity index (χ0n) is 10.6. The van der Waals surface area contributed by atoms with E-state index < -0.39 is 0 Å². The van der Waals surface area contributed by atoms with Gasteiger partial charge in [-0.15, -0.1) is 0 Å². The molecule has 0 bridgehead atoms. The first-order valence-electron chi connectivity index (χ1n) is 6.55. The van der Waals surface area contributed by atoms with Crippen LogP contribution in [0.25, 0.3) is 0 Å². The van der Waals surface area contributed by atoms with E-state index in [0.29, 0.717) is 5.92 Å². The minimum absolute atomic E-state index is 0.648. The van der Waals surface area contributed by atoms with Crippen molar-refractivity contribution in [3.63, 3.8) is 0 Å². The molecule has 1 atom stereocenters. The molecule has 0 aliphatic heterocycles. The molecule has 1 N–H and O–H groups in total. The second kappa shape index (κ2) is 6.72. The highest BCUT2D eigenvalue weighted by molar-refractivity contribution is 5.25. The Morgan fingerprint density at radius 2 is 2.41 bits per heavy atom. The molecule has 0 aromatic carbocycles. The first-order valence-corrected chi connectivity index (χ1v) is 6.55. The summed E-state index contributed by atoms with van der Waals surface area (Å²) in [5.41, 5.74) is 2.80. The maximum atomic E-state index is 5.02. The summed E-state index contributed by atoms with van der Waals surface area (Å²) >= 11 is 0. The molecular formula is C14H22N2O. The molecule has 1 unspecified atom stereocenters. The number of nitrogens with one attached hydrogen (secondary N) is 1. The Labute approximate surface area is 104 Å². The van der Waals surface area contributed by atoms with Gasteiger partial charge in [-0.05, 0) is 43.9 Å². The predicted octanol–water partition coefficient (Wildman–Crippen LogP) is 2.13. The summed E-state index contributed by atoms with van der Waals surface area (Å²) in [5.74, 6) is 0.648. The fourth-order valence-electron chi connectivity index (χ4n) is 2.56. The Morgan fingerprint density at radius 3 is 3.29 bits per heavy atom. The number of hydrogen-bond acceptors (Lipinski definition) is 3. The van der Waals surface area contributed by atoms with Crippen LogP contribution in [0.5, 0.6) is 0 Å². The van der Waals surface area contributed by atoms with E-state index >= 15 is 0 Å². The first kappa shape index (κ1) is 12.5. The summed E-state index contributed by atoms with van der Waals surface area (Å²) in [6, 6.07) is 4.28. The summed E-state index contributed by atoms with van der Waals surface area (Å²) in [6.07, 6.45) is 6.91. The average Bonchev–Trinajstić information content (AvgIpc) is 2.39. The molecule has 3 heteroatoms. The lowest BCUT2D eigenvalue weighted by Gasteiger charge is -2.24. The van der Waals surface area contributed by atoms with E-state index in [1.807, 2.05) is 6.20 Å². The zero-order chi connectivity index (χ0) is 11.9. The van der Waals surface area contributed by atoms with E-state index in [1.165, 1.54) is 36.9 Å². The van der Waals surface area contributed by atoms with Crippen LogP contribution in [0.4, 0.5) is 0 Å². The van der Waals surface area contributed by atoms with Gasteiger partial charge in [0.25, 0.3) is 0 Å². The van der Waals surface area contributed by atoms with Gasteiger partial charge >= 0.3 is 0 Å². The van der Waals surface area contributed by atoms with E-state index in [9.17, 15) is 0 Å². The number of pyridine rings is 1. The quantitative estimate of drug-likeness (QED) is 0.766. The molecule has 0 saturated carbocycles. The van der Waals surface area contributed by atoms with Crippen LogP contribution >= 0.6 is 0 Å². The van der Waals surface area contributed by atoms with Crippen molar-refractivity contribution in [2.24, 2.45) is 0 Å². The Balaban J connectivity index is 1.82. The molecule has 1 aromatic rings. The molecule has 0 saturated heterocycles. The second-order valence-electron chi connectivity index (χ2n) is 4.67. The van der Waals surface area contributed by atoms with Gasteiger partial charge in [0, 0.05) is 31.5 Å². The Morgan fingerprint density at radius 1 is 1.47 bits per heavy atom. The van der Waals surface area contributed by atoms with Crippen LogP contribution in [-0.4, -0.2) is 31.8 Å². The molecule has 94 valence electrons. The molecule has 0 spiro atoms. The molecule has 17 heavy (non-hydrogen) atoms. The maximum absolute atomic E-state index is 5.02. The zero-order valence-corrected chi connectivity index (χ0v) is 10.6. The fraction of sp³-hybridized carbons (Fsp3) is 0.643. The van der Waals surface area contributed by atoms with Crippen molar-refractivity contribution in [3.05, 3.63) is 29.6 Å². The van der Waals surface area contributed by atoms with Gasteiger partial charge in [0.15, 0.2) is 0 Å². The van der Waals surface area contributed by atoms with Gasteiger partial charge in [-0.25, -0.2) is 0 Å². The molecule has 1 aliphatic carbocycles. The first-order chi connectivity index (χ1) is 8.42. The molecular weight excluding hydrogens is 212 g/mol. The average molecular weight is 234 g/mol. The Kier molecular flexibility index (Phi) is 4.95. The lowest BCUT2D eigenvalue weighted by molar-refractivity contribution is 0.199. The number of ether oxygens (including phenoxy) is 1. The van der Waals surface area contributed by atoms with Gasteiger partial charge in [0.05, 0.1) is 6.61 Å². The SMILES string of the molecule is COCCNCCC1CCCc2cccnc21. The normalized spacial score (nSPS) is 19.0. The van der Waals surface area contributed by atoms with Crippen molar-refractivity contribution >= 4 is 0 Å². The van der Waals surface area contributed by atoms with E-state index in [4.69, 9.17) is 4.74 Å². The van der Waals surface area contributed by atoms with E-state index in [1.54, 1.807) is 7.11 Å². The molecule has 1 aliphatic rings.